The summed E-state index contributed by atoms with van der Waals surface area (Å²) in [5, 5.41) is 22.5. The number of nitro groups is 1. The molecule has 0 spiro atoms. The summed E-state index contributed by atoms with van der Waals surface area (Å²) in [5.74, 6) is -0.779. The van der Waals surface area contributed by atoms with Crippen molar-refractivity contribution in [2.75, 3.05) is 10.6 Å². The van der Waals surface area contributed by atoms with Gasteiger partial charge in [0.2, 0.25) is 10.9 Å². The molecule has 0 bridgehead atoms. The lowest BCUT2D eigenvalue weighted by atomic mass is 10.1. The molecule has 2 N–H and O–H groups in total. The van der Waals surface area contributed by atoms with Gasteiger partial charge in [0.15, 0.2) is 0 Å². The Morgan fingerprint density at radius 1 is 1.10 bits per heavy atom. The Hall–Kier alpha value is -4.12. The lowest BCUT2D eigenvalue weighted by Gasteiger charge is -2.04. The molecule has 4 rings (SSSR count). The van der Waals surface area contributed by atoms with Crippen molar-refractivity contribution in [3.63, 3.8) is 0 Å². The number of hydrogen-bond donors (Lipinski definition) is 2. The van der Waals surface area contributed by atoms with Gasteiger partial charge in [-0.25, -0.2) is 4.52 Å². The third kappa shape index (κ3) is 3.73. The number of amides is 2. The molecule has 2 heterocycles. The fourth-order valence-electron chi connectivity index (χ4n) is 2.85. The highest BCUT2D eigenvalue weighted by Gasteiger charge is 2.21. The Kier molecular flexibility index (Phi) is 4.94. The van der Waals surface area contributed by atoms with Crippen LogP contribution in [0.25, 0.3) is 16.2 Å². The van der Waals surface area contributed by atoms with E-state index in [9.17, 15) is 19.7 Å². The number of hydrogen-bond acceptors (Lipinski definition) is 7. The van der Waals surface area contributed by atoms with Crippen LogP contribution in [0, 0.1) is 10.1 Å². The zero-order chi connectivity index (χ0) is 21.3. The van der Waals surface area contributed by atoms with E-state index in [0.717, 1.165) is 11.3 Å². The Morgan fingerprint density at radius 2 is 1.83 bits per heavy atom. The van der Waals surface area contributed by atoms with E-state index in [1.807, 2.05) is 17.5 Å². The summed E-state index contributed by atoms with van der Waals surface area (Å²) in [6, 6.07) is 12.9. The van der Waals surface area contributed by atoms with Crippen LogP contribution in [0.1, 0.15) is 17.3 Å². The molecule has 2 amide bonds. The standard InChI is InChI=1S/C19H14N6O4S/c1-11(26)20-13-8-6-12(7-9-13)16-10-30-19-22-18(23-24(16)19)21-17(27)14-4-2-3-5-15(14)25(28)29/h2-10H,1H3,(H,20,26)(H,21,23,27). The van der Waals surface area contributed by atoms with Gasteiger partial charge in [0.1, 0.15) is 5.56 Å². The number of anilines is 2. The number of carbonyl (C=O) groups is 2. The van der Waals surface area contributed by atoms with Gasteiger partial charge in [0.25, 0.3) is 17.5 Å². The van der Waals surface area contributed by atoms with Gasteiger partial charge in [-0.1, -0.05) is 24.3 Å². The van der Waals surface area contributed by atoms with Crippen LogP contribution in [0.2, 0.25) is 0 Å². The predicted molar refractivity (Wildman–Crippen MR) is 112 cm³/mol. The van der Waals surface area contributed by atoms with E-state index in [1.165, 1.54) is 36.5 Å². The summed E-state index contributed by atoms with van der Waals surface area (Å²) >= 11 is 1.34. The Morgan fingerprint density at radius 3 is 2.53 bits per heavy atom. The Labute approximate surface area is 173 Å². The van der Waals surface area contributed by atoms with E-state index in [-0.39, 0.29) is 23.1 Å². The molecule has 30 heavy (non-hydrogen) atoms. The number of nitro benzene ring substituents is 1. The van der Waals surface area contributed by atoms with E-state index in [4.69, 9.17) is 0 Å². The lowest BCUT2D eigenvalue weighted by Crippen LogP contribution is -2.15. The Bertz CT molecular complexity index is 1280. The first-order chi connectivity index (χ1) is 14.4. The number of thiazole rings is 1. The van der Waals surface area contributed by atoms with E-state index in [1.54, 1.807) is 22.7 Å². The monoisotopic (exact) mass is 422 g/mol. The molecule has 0 radical (unpaired) electrons. The van der Waals surface area contributed by atoms with Crippen molar-refractivity contribution in [1.82, 2.24) is 14.6 Å². The van der Waals surface area contributed by atoms with Crippen molar-refractivity contribution in [3.8, 4) is 11.3 Å². The van der Waals surface area contributed by atoms with E-state index >= 15 is 0 Å². The van der Waals surface area contributed by atoms with Crippen molar-refractivity contribution < 1.29 is 14.5 Å². The summed E-state index contributed by atoms with van der Waals surface area (Å²) in [7, 11) is 0. The van der Waals surface area contributed by atoms with Crippen molar-refractivity contribution in [1.29, 1.82) is 0 Å². The first-order valence-corrected chi connectivity index (χ1v) is 9.57. The van der Waals surface area contributed by atoms with Gasteiger partial charge in [0, 0.05) is 29.6 Å². The zero-order valence-electron chi connectivity index (χ0n) is 15.5. The van der Waals surface area contributed by atoms with Crippen molar-refractivity contribution in [2.24, 2.45) is 0 Å². The molecule has 0 atom stereocenters. The number of carbonyl (C=O) groups excluding carboxylic acids is 2. The number of nitrogens with zero attached hydrogens (tertiary/aromatic N) is 4. The maximum Gasteiger partial charge on any atom is 0.282 e. The number of benzene rings is 2. The fraction of sp³-hybridized carbons (Fsp3) is 0.0526. The van der Waals surface area contributed by atoms with Crippen LogP contribution in [0.4, 0.5) is 17.3 Å². The zero-order valence-corrected chi connectivity index (χ0v) is 16.3. The molecule has 0 aliphatic rings. The summed E-state index contributed by atoms with van der Waals surface area (Å²) in [6.07, 6.45) is 0. The van der Waals surface area contributed by atoms with E-state index in [0.29, 0.717) is 10.6 Å². The minimum absolute atomic E-state index is 0.0427. The molecule has 4 aromatic rings. The van der Waals surface area contributed by atoms with Gasteiger partial charge in [-0.3, -0.25) is 25.0 Å². The predicted octanol–water partition coefficient (Wildman–Crippen LogP) is 3.58. The van der Waals surface area contributed by atoms with Gasteiger partial charge < -0.3 is 5.32 Å². The molecule has 150 valence electrons. The van der Waals surface area contributed by atoms with Crippen LogP contribution >= 0.6 is 11.3 Å². The average molecular weight is 422 g/mol. The molecule has 10 nitrogen and oxygen atoms in total. The van der Waals surface area contributed by atoms with Gasteiger partial charge in [0.05, 0.1) is 10.6 Å². The quantitative estimate of drug-likeness (QED) is 0.373. The minimum Gasteiger partial charge on any atom is -0.326 e. The van der Waals surface area contributed by atoms with Gasteiger partial charge >= 0.3 is 0 Å². The first kappa shape index (κ1) is 19.2. The molecule has 0 fully saturated rings. The van der Waals surface area contributed by atoms with Crippen molar-refractivity contribution in [2.45, 2.75) is 6.92 Å². The highest BCUT2D eigenvalue weighted by atomic mass is 32.1. The lowest BCUT2D eigenvalue weighted by molar-refractivity contribution is -0.385. The number of fused-ring (bicyclic) bond motifs is 1. The maximum atomic E-state index is 12.5. The summed E-state index contributed by atoms with van der Waals surface area (Å²) in [6.45, 7) is 1.44. The summed E-state index contributed by atoms with van der Waals surface area (Å²) in [4.78, 5) is 39.0. The first-order valence-electron chi connectivity index (χ1n) is 8.69. The molecular weight excluding hydrogens is 408 g/mol. The van der Waals surface area contributed by atoms with Crippen molar-refractivity contribution in [3.05, 3.63) is 69.6 Å². The SMILES string of the molecule is CC(=O)Nc1ccc(-c2csc3nc(NC(=O)c4ccccc4[N+](=O)[O-])nn23)cc1. The molecule has 2 aromatic heterocycles. The number of para-hydroxylation sites is 1. The van der Waals surface area contributed by atoms with Gasteiger partial charge in [-0.05, 0) is 18.2 Å². The number of rotatable bonds is 5. The van der Waals surface area contributed by atoms with Crippen LogP contribution < -0.4 is 10.6 Å². The fourth-order valence-corrected chi connectivity index (χ4v) is 3.69. The maximum absolute atomic E-state index is 12.5. The van der Waals surface area contributed by atoms with Crippen LogP contribution in [0.5, 0.6) is 0 Å². The second-order valence-electron chi connectivity index (χ2n) is 6.24. The molecular formula is C19H14N6O4S. The average Bonchev–Trinajstić information content (AvgIpc) is 3.28. The van der Waals surface area contributed by atoms with Crippen LogP contribution in [0.15, 0.2) is 53.9 Å². The smallest absolute Gasteiger partial charge is 0.282 e. The minimum atomic E-state index is -0.665. The molecule has 0 aliphatic carbocycles. The second-order valence-corrected chi connectivity index (χ2v) is 7.07. The molecule has 0 unspecified atom stereocenters. The number of aromatic nitrogens is 3. The Balaban J connectivity index is 1.60. The molecule has 11 heteroatoms. The summed E-state index contributed by atoms with van der Waals surface area (Å²) in [5.41, 5.74) is 1.90. The molecule has 0 saturated heterocycles. The van der Waals surface area contributed by atoms with Crippen LogP contribution in [0.3, 0.4) is 0 Å². The normalized spacial score (nSPS) is 10.7. The largest absolute Gasteiger partial charge is 0.326 e. The van der Waals surface area contributed by atoms with E-state index in [2.05, 4.69) is 20.7 Å². The molecule has 0 saturated carbocycles. The van der Waals surface area contributed by atoms with Gasteiger partial charge in [-0.2, -0.15) is 4.98 Å². The van der Waals surface area contributed by atoms with Crippen molar-refractivity contribution >= 4 is 45.4 Å². The third-order valence-corrected chi connectivity index (χ3v) is 4.97. The molecule has 2 aromatic carbocycles. The highest BCUT2D eigenvalue weighted by molar-refractivity contribution is 7.15. The topological polar surface area (TPSA) is 132 Å². The van der Waals surface area contributed by atoms with Crippen LogP contribution in [-0.4, -0.2) is 31.3 Å². The van der Waals surface area contributed by atoms with E-state index < -0.39 is 10.8 Å². The second kappa shape index (κ2) is 7.72. The molecule has 0 aliphatic heterocycles. The summed E-state index contributed by atoms with van der Waals surface area (Å²) < 4.78 is 1.58. The van der Waals surface area contributed by atoms with Crippen LogP contribution in [-0.2, 0) is 4.79 Å². The van der Waals surface area contributed by atoms with Gasteiger partial charge in [-0.15, -0.1) is 16.4 Å². The third-order valence-electron chi connectivity index (χ3n) is 4.15. The number of nitrogens with one attached hydrogen (secondary N) is 2. The highest BCUT2D eigenvalue weighted by Crippen LogP contribution is 2.27.